The zero-order valence-corrected chi connectivity index (χ0v) is 68.9. The number of rotatable bonds is 81. The van der Waals surface area contributed by atoms with E-state index in [1.165, 1.54) is 244 Å². The first-order chi connectivity index (χ1) is 49.3. The number of aliphatic hydroxyl groups is 1. The molecule has 0 amide bonds. The minimum absolute atomic E-state index is 0.105. The molecule has 0 aliphatic carbocycles. The normalized spacial score (nSPS) is 14.2. The zero-order chi connectivity index (χ0) is 75.1. The van der Waals surface area contributed by atoms with E-state index in [9.17, 15) is 43.2 Å². The first-order valence-corrected chi connectivity index (χ1v) is 45.9. The highest BCUT2D eigenvalue weighted by Gasteiger charge is 2.30. The SMILES string of the molecule is CCCCCCCCCCCCCCCCCCCCC(=O)OC[C@H](COP(=O)(O)OC[C@@H](O)COP(=O)(O)OC[C@@H](COC(=O)CCCCCCCCCCC(C)C)OC(=O)CCCCCCCCCCC(C)CC)OC(=O)CCCCCCCCCCCCCCCCCCCCC(C)C. The van der Waals surface area contributed by atoms with Crippen molar-refractivity contribution < 1.29 is 80.2 Å². The van der Waals surface area contributed by atoms with Crippen molar-refractivity contribution in [3.05, 3.63) is 0 Å². The standard InChI is InChI=1S/C83H162O17P2/c1-8-10-11-12-13-14-15-16-17-18-22-25-28-31-34-43-50-57-64-80(85)93-70-78(99-82(87)66-59-52-45-35-32-29-26-23-20-19-21-24-27-30-33-40-47-54-61-74(3)4)72-97-101(89,90)95-68-77(84)69-96-102(91,92)98-73-79(71-94-81(86)65-58-51-44-38-36-41-48-55-62-75(5)6)100-83(88)67-60-53-46-39-37-42-49-56-63-76(7)9-2/h74-79,84H,8-73H2,1-7H3,(H,89,90)(H,91,92)/t76?,77-,78-,79-/m1/s1. The van der Waals surface area contributed by atoms with Gasteiger partial charge in [-0.15, -0.1) is 0 Å². The second kappa shape index (κ2) is 73.2. The highest BCUT2D eigenvalue weighted by molar-refractivity contribution is 7.47. The third-order valence-electron chi connectivity index (χ3n) is 19.7. The maximum Gasteiger partial charge on any atom is 0.472 e. The Morgan fingerprint density at radius 1 is 0.284 bits per heavy atom. The Morgan fingerprint density at radius 3 is 0.745 bits per heavy atom. The van der Waals surface area contributed by atoms with Gasteiger partial charge >= 0.3 is 39.5 Å². The van der Waals surface area contributed by atoms with Gasteiger partial charge in [-0.1, -0.05) is 382 Å². The Bertz CT molecular complexity index is 1980. The van der Waals surface area contributed by atoms with Gasteiger partial charge in [0.2, 0.25) is 0 Å². The van der Waals surface area contributed by atoms with Crippen LogP contribution in [-0.2, 0) is 65.4 Å². The molecule has 0 bridgehead atoms. The number of phosphoric ester groups is 2. The number of phosphoric acid groups is 2. The lowest BCUT2D eigenvalue weighted by molar-refractivity contribution is -0.161. The first-order valence-electron chi connectivity index (χ1n) is 42.9. The van der Waals surface area contributed by atoms with Gasteiger partial charge in [0, 0.05) is 25.7 Å². The summed E-state index contributed by atoms with van der Waals surface area (Å²) in [6, 6.07) is 0. The molecule has 0 saturated heterocycles. The van der Waals surface area contributed by atoms with Gasteiger partial charge in [0.1, 0.15) is 19.3 Å². The lowest BCUT2D eigenvalue weighted by Gasteiger charge is -2.21. The molecule has 17 nitrogen and oxygen atoms in total. The molecule has 0 aromatic rings. The van der Waals surface area contributed by atoms with Gasteiger partial charge in [-0.2, -0.15) is 0 Å². The van der Waals surface area contributed by atoms with Gasteiger partial charge in [-0.25, -0.2) is 9.13 Å². The predicted octanol–water partition coefficient (Wildman–Crippen LogP) is 24.9. The van der Waals surface area contributed by atoms with Crippen molar-refractivity contribution >= 4 is 39.5 Å². The van der Waals surface area contributed by atoms with Crippen molar-refractivity contribution in [1.82, 2.24) is 0 Å². The lowest BCUT2D eigenvalue weighted by Crippen LogP contribution is -2.30. The van der Waals surface area contributed by atoms with Crippen molar-refractivity contribution in [2.24, 2.45) is 17.8 Å². The van der Waals surface area contributed by atoms with Crippen LogP contribution in [0.5, 0.6) is 0 Å². The number of hydrogen-bond donors (Lipinski definition) is 3. The monoisotopic (exact) mass is 1490 g/mol. The molecule has 3 N–H and O–H groups in total. The minimum Gasteiger partial charge on any atom is -0.462 e. The van der Waals surface area contributed by atoms with E-state index in [1.807, 2.05) is 0 Å². The summed E-state index contributed by atoms with van der Waals surface area (Å²) in [5, 5.41) is 10.7. The average Bonchev–Trinajstić information content (AvgIpc) is 0.925. The second-order valence-electron chi connectivity index (χ2n) is 31.1. The minimum atomic E-state index is -4.96. The molecule has 102 heavy (non-hydrogen) atoms. The van der Waals surface area contributed by atoms with E-state index in [1.54, 1.807) is 0 Å². The lowest BCUT2D eigenvalue weighted by atomic mass is 9.99. The molecule has 0 aromatic heterocycles. The number of carbonyl (C=O) groups excluding carboxylic acids is 4. The van der Waals surface area contributed by atoms with Crippen LogP contribution in [0.4, 0.5) is 0 Å². The summed E-state index contributed by atoms with van der Waals surface area (Å²) in [6.07, 6.45) is 62.6. The van der Waals surface area contributed by atoms with Crippen LogP contribution in [0.15, 0.2) is 0 Å². The summed E-state index contributed by atoms with van der Waals surface area (Å²) in [6.45, 7) is 11.9. The van der Waals surface area contributed by atoms with Crippen LogP contribution in [0, 0.1) is 17.8 Å². The van der Waals surface area contributed by atoms with Crippen LogP contribution in [0.1, 0.15) is 434 Å². The largest absolute Gasteiger partial charge is 0.472 e. The number of aliphatic hydroxyl groups excluding tert-OH is 1. The zero-order valence-electron chi connectivity index (χ0n) is 67.1. The number of ether oxygens (including phenoxy) is 4. The quantitative estimate of drug-likeness (QED) is 0.0222. The van der Waals surface area contributed by atoms with Crippen LogP contribution in [-0.4, -0.2) is 96.7 Å². The Kier molecular flexibility index (Phi) is 71.8. The summed E-state index contributed by atoms with van der Waals surface area (Å²) < 4.78 is 68.8. The van der Waals surface area contributed by atoms with Crippen molar-refractivity contribution in [3.63, 3.8) is 0 Å². The molecule has 6 atom stereocenters. The van der Waals surface area contributed by atoms with E-state index in [-0.39, 0.29) is 25.7 Å². The molecule has 0 heterocycles. The summed E-state index contributed by atoms with van der Waals surface area (Å²) >= 11 is 0. The smallest absolute Gasteiger partial charge is 0.462 e. The fourth-order valence-electron chi connectivity index (χ4n) is 12.8. The Morgan fingerprint density at radius 2 is 0.500 bits per heavy atom. The van der Waals surface area contributed by atoms with Gasteiger partial charge < -0.3 is 33.8 Å². The van der Waals surface area contributed by atoms with Crippen molar-refractivity contribution in [3.8, 4) is 0 Å². The Balaban J connectivity index is 5.23. The number of hydrogen-bond acceptors (Lipinski definition) is 15. The van der Waals surface area contributed by atoms with Crippen molar-refractivity contribution in [2.75, 3.05) is 39.6 Å². The van der Waals surface area contributed by atoms with Crippen molar-refractivity contribution in [1.29, 1.82) is 0 Å². The fraction of sp³-hybridized carbons (Fsp3) is 0.952. The van der Waals surface area contributed by atoms with Crippen LogP contribution < -0.4 is 0 Å². The molecule has 606 valence electrons. The fourth-order valence-corrected chi connectivity index (χ4v) is 14.4. The molecule has 0 saturated carbocycles. The average molecular weight is 1490 g/mol. The van der Waals surface area contributed by atoms with E-state index in [0.717, 1.165) is 108 Å². The molecular formula is C83H162O17P2. The maximum absolute atomic E-state index is 13.1. The van der Waals surface area contributed by atoms with Gasteiger partial charge in [0.15, 0.2) is 12.2 Å². The summed E-state index contributed by atoms with van der Waals surface area (Å²) in [5.74, 6) is 0.205. The molecular weight excluding hydrogens is 1330 g/mol. The Hall–Kier alpha value is -1.94. The van der Waals surface area contributed by atoms with Gasteiger partial charge in [-0.05, 0) is 43.4 Å². The number of esters is 4. The van der Waals surface area contributed by atoms with Crippen LogP contribution in [0.25, 0.3) is 0 Å². The highest BCUT2D eigenvalue weighted by Crippen LogP contribution is 2.45. The molecule has 0 spiro atoms. The summed E-state index contributed by atoms with van der Waals surface area (Å²) in [5.41, 5.74) is 0. The molecule has 0 aromatic carbocycles. The van der Waals surface area contributed by atoms with Gasteiger partial charge in [0.05, 0.1) is 26.4 Å². The topological polar surface area (TPSA) is 237 Å². The highest BCUT2D eigenvalue weighted by atomic mass is 31.2. The predicted molar refractivity (Wildman–Crippen MR) is 418 cm³/mol. The number of carbonyl (C=O) groups is 4. The van der Waals surface area contributed by atoms with Crippen LogP contribution in [0.3, 0.4) is 0 Å². The van der Waals surface area contributed by atoms with E-state index < -0.39 is 97.5 Å². The van der Waals surface area contributed by atoms with Crippen LogP contribution in [0.2, 0.25) is 0 Å². The summed E-state index contributed by atoms with van der Waals surface area (Å²) in [7, 11) is -9.92. The van der Waals surface area contributed by atoms with E-state index >= 15 is 0 Å². The third-order valence-corrected chi connectivity index (χ3v) is 21.6. The van der Waals surface area contributed by atoms with Gasteiger partial charge in [0.25, 0.3) is 0 Å². The molecule has 0 radical (unpaired) electrons. The molecule has 0 rings (SSSR count). The molecule has 19 heteroatoms. The van der Waals surface area contributed by atoms with Crippen LogP contribution >= 0.6 is 15.6 Å². The molecule has 0 fully saturated rings. The third kappa shape index (κ3) is 74.9. The molecule has 3 unspecified atom stereocenters. The molecule has 0 aliphatic heterocycles. The second-order valence-corrected chi connectivity index (χ2v) is 34.0. The first kappa shape index (κ1) is 100. The van der Waals surface area contributed by atoms with Gasteiger partial charge in [-0.3, -0.25) is 37.3 Å². The Labute approximate surface area is 626 Å². The van der Waals surface area contributed by atoms with E-state index in [4.69, 9.17) is 37.0 Å². The number of unbranched alkanes of at least 4 members (excludes halogenated alkanes) is 48. The van der Waals surface area contributed by atoms with E-state index in [2.05, 4.69) is 48.5 Å². The van der Waals surface area contributed by atoms with E-state index in [0.29, 0.717) is 25.7 Å². The maximum atomic E-state index is 13.1. The molecule has 0 aliphatic rings. The summed E-state index contributed by atoms with van der Waals surface area (Å²) in [4.78, 5) is 73.1. The van der Waals surface area contributed by atoms with Crippen molar-refractivity contribution in [2.45, 2.75) is 452 Å².